The number of hydrogen-bond acceptors (Lipinski definition) is 3. The molecule has 1 aromatic rings. The molecule has 19 heavy (non-hydrogen) atoms. The Morgan fingerprint density at radius 1 is 1.37 bits per heavy atom. The van der Waals surface area contributed by atoms with E-state index in [-0.39, 0.29) is 5.41 Å². The smallest absolute Gasteiger partial charge is 0.205 e. The molecule has 0 atom stereocenters. The first kappa shape index (κ1) is 14.4. The summed E-state index contributed by atoms with van der Waals surface area (Å²) in [4.78, 5) is 6.81. The maximum absolute atomic E-state index is 5.83. The quantitative estimate of drug-likeness (QED) is 0.889. The molecule has 0 aromatic carbocycles. The van der Waals surface area contributed by atoms with Gasteiger partial charge in [-0.3, -0.25) is 0 Å². The average Bonchev–Trinajstić information content (AvgIpc) is 2.88. The minimum atomic E-state index is 0.123. The molecule has 1 heterocycles. The second kappa shape index (κ2) is 5.95. The summed E-state index contributed by atoms with van der Waals surface area (Å²) in [6.07, 6.45) is 10.7. The highest BCUT2D eigenvalue weighted by Gasteiger charge is 2.23. The fourth-order valence-corrected chi connectivity index (χ4v) is 3.02. The first-order valence-electron chi connectivity index (χ1n) is 7.47. The number of imidazole rings is 1. The summed E-state index contributed by atoms with van der Waals surface area (Å²) in [5.74, 6) is 1.09. The molecule has 1 aliphatic carbocycles. The van der Waals surface area contributed by atoms with Crippen molar-refractivity contribution >= 4 is 5.95 Å². The van der Waals surface area contributed by atoms with Crippen molar-refractivity contribution in [2.24, 2.45) is 11.1 Å². The number of nitrogens with zero attached hydrogens (tertiary/aromatic N) is 3. The van der Waals surface area contributed by atoms with Crippen molar-refractivity contribution < 1.29 is 0 Å². The van der Waals surface area contributed by atoms with E-state index >= 15 is 0 Å². The Morgan fingerprint density at radius 2 is 2.05 bits per heavy atom. The van der Waals surface area contributed by atoms with Gasteiger partial charge in [-0.05, 0) is 24.8 Å². The van der Waals surface area contributed by atoms with E-state index in [1.807, 2.05) is 6.20 Å². The SMILES string of the molecule is CN(CC(C)(C)CN)c1nccn1C1CCCCC1. The average molecular weight is 264 g/mol. The molecule has 4 heteroatoms. The molecule has 1 fully saturated rings. The van der Waals surface area contributed by atoms with E-state index in [4.69, 9.17) is 5.73 Å². The van der Waals surface area contributed by atoms with Crippen LogP contribution in [0.15, 0.2) is 12.4 Å². The van der Waals surface area contributed by atoms with Gasteiger partial charge in [-0.15, -0.1) is 0 Å². The van der Waals surface area contributed by atoms with Gasteiger partial charge in [0.15, 0.2) is 0 Å². The monoisotopic (exact) mass is 264 g/mol. The van der Waals surface area contributed by atoms with Crippen molar-refractivity contribution in [3.8, 4) is 0 Å². The van der Waals surface area contributed by atoms with Gasteiger partial charge in [0.1, 0.15) is 0 Å². The minimum Gasteiger partial charge on any atom is -0.345 e. The third-order valence-electron chi connectivity index (χ3n) is 4.18. The Morgan fingerprint density at radius 3 is 2.68 bits per heavy atom. The van der Waals surface area contributed by atoms with E-state index in [9.17, 15) is 0 Å². The predicted octanol–water partition coefficient (Wildman–Crippen LogP) is 2.81. The fraction of sp³-hybridized carbons (Fsp3) is 0.800. The van der Waals surface area contributed by atoms with Crippen LogP contribution in [0.2, 0.25) is 0 Å². The van der Waals surface area contributed by atoms with Crippen molar-refractivity contribution in [3.63, 3.8) is 0 Å². The molecule has 4 nitrogen and oxygen atoms in total. The van der Waals surface area contributed by atoms with Gasteiger partial charge in [-0.25, -0.2) is 4.98 Å². The Labute approximate surface area is 117 Å². The van der Waals surface area contributed by atoms with Crippen molar-refractivity contribution in [1.82, 2.24) is 9.55 Å². The summed E-state index contributed by atoms with van der Waals surface area (Å²) >= 11 is 0. The van der Waals surface area contributed by atoms with E-state index in [2.05, 4.69) is 41.5 Å². The first-order valence-corrected chi connectivity index (χ1v) is 7.47. The third-order valence-corrected chi connectivity index (χ3v) is 4.18. The molecular formula is C15H28N4. The van der Waals surface area contributed by atoms with Crippen LogP contribution in [0.25, 0.3) is 0 Å². The van der Waals surface area contributed by atoms with Crippen LogP contribution in [0.3, 0.4) is 0 Å². The largest absolute Gasteiger partial charge is 0.345 e. The van der Waals surface area contributed by atoms with Crippen LogP contribution in [0.1, 0.15) is 52.0 Å². The topological polar surface area (TPSA) is 47.1 Å². The molecule has 0 radical (unpaired) electrons. The zero-order chi connectivity index (χ0) is 13.9. The zero-order valence-electron chi connectivity index (χ0n) is 12.6. The molecule has 1 aromatic heterocycles. The Bertz CT molecular complexity index is 391. The highest BCUT2D eigenvalue weighted by atomic mass is 15.3. The molecule has 0 unspecified atom stereocenters. The van der Waals surface area contributed by atoms with E-state index in [0.29, 0.717) is 12.6 Å². The van der Waals surface area contributed by atoms with Gasteiger partial charge in [0, 0.05) is 32.0 Å². The van der Waals surface area contributed by atoms with Crippen LogP contribution in [0.4, 0.5) is 5.95 Å². The van der Waals surface area contributed by atoms with E-state index in [0.717, 1.165) is 12.5 Å². The van der Waals surface area contributed by atoms with Crippen LogP contribution in [0, 0.1) is 5.41 Å². The molecule has 2 N–H and O–H groups in total. The molecule has 0 aliphatic heterocycles. The maximum atomic E-state index is 5.83. The van der Waals surface area contributed by atoms with E-state index < -0.39 is 0 Å². The van der Waals surface area contributed by atoms with Gasteiger partial charge in [0.2, 0.25) is 5.95 Å². The summed E-state index contributed by atoms with van der Waals surface area (Å²) in [5.41, 5.74) is 5.96. The van der Waals surface area contributed by atoms with E-state index in [1.165, 1.54) is 32.1 Å². The Kier molecular flexibility index (Phi) is 4.50. The second-order valence-electron chi connectivity index (χ2n) is 6.65. The lowest BCUT2D eigenvalue weighted by Crippen LogP contribution is -2.38. The summed E-state index contributed by atoms with van der Waals surface area (Å²) in [7, 11) is 2.12. The van der Waals surface area contributed by atoms with Crippen molar-refractivity contribution in [2.45, 2.75) is 52.0 Å². The Hall–Kier alpha value is -1.03. The standard InChI is InChI=1S/C15H28N4/c1-15(2,11-16)12-18(3)14-17-9-10-19(14)13-7-5-4-6-8-13/h9-10,13H,4-8,11-12,16H2,1-3H3. The van der Waals surface area contributed by atoms with Crippen LogP contribution in [-0.2, 0) is 0 Å². The van der Waals surface area contributed by atoms with Crippen molar-refractivity contribution in [1.29, 1.82) is 0 Å². The summed E-state index contributed by atoms with van der Waals surface area (Å²) in [6, 6.07) is 0.634. The van der Waals surface area contributed by atoms with Gasteiger partial charge < -0.3 is 15.2 Å². The number of anilines is 1. The highest BCUT2D eigenvalue weighted by Crippen LogP contribution is 2.31. The molecule has 2 rings (SSSR count). The zero-order valence-corrected chi connectivity index (χ0v) is 12.6. The second-order valence-corrected chi connectivity index (χ2v) is 6.65. The molecule has 108 valence electrons. The van der Waals surface area contributed by atoms with Crippen molar-refractivity contribution in [3.05, 3.63) is 12.4 Å². The fourth-order valence-electron chi connectivity index (χ4n) is 3.02. The predicted molar refractivity (Wildman–Crippen MR) is 80.5 cm³/mol. The van der Waals surface area contributed by atoms with Gasteiger partial charge in [-0.2, -0.15) is 0 Å². The van der Waals surface area contributed by atoms with Gasteiger partial charge in [0.25, 0.3) is 0 Å². The summed E-state index contributed by atoms with van der Waals surface area (Å²) in [5, 5.41) is 0. The van der Waals surface area contributed by atoms with Crippen LogP contribution < -0.4 is 10.6 Å². The Balaban J connectivity index is 2.10. The molecule has 1 saturated carbocycles. The number of aromatic nitrogens is 2. The third kappa shape index (κ3) is 3.50. The summed E-state index contributed by atoms with van der Waals surface area (Å²) < 4.78 is 2.37. The van der Waals surface area contributed by atoms with Crippen LogP contribution in [0.5, 0.6) is 0 Å². The van der Waals surface area contributed by atoms with Gasteiger partial charge in [-0.1, -0.05) is 33.1 Å². The number of nitrogens with two attached hydrogens (primary N) is 1. The highest BCUT2D eigenvalue weighted by molar-refractivity contribution is 5.31. The normalized spacial score (nSPS) is 17.7. The number of rotatable bonds is 5. The molecule has 0 amide bonds. The number of hydrogen-bond donors (Lipinski definition) is 1. The lowest BCUT2D eigenvalue weighted by Gasteiger charge is -2.32. The molecular weight excluding hydrogens is 236 g/mol. The van der Waals surface area contributed by atoms with Gasteiger partial charge >= 0.3 is 0 Å². The molecule has 0 saturated heterocycles. The minimum absolute atomic E-state index is 0.123. The lowest BCUT2D eigenvalue weighted by molar-refractivity contribution is 0.346. The van der Waals surface area contributed by atoms with Crippen LogP contribution in [-0.4, -0.2) is 29.7 Å². The maximum Gasteiger partial charge on any atom is 0.205 e. The molecule has 0 bridgehead atoms. The van der Waals surface area contributed by atoms with E-state index in [1.54, 1.807) is 0 Å². The summed E-state index contributed by atoms with van der Waals surface area (Å²) in [6.45, 7) is 6.05. The molecule has 1 aliphatic rings. The van der Waals surface area contributed by atoms with Crippen molar-refractivity contribution in [2.75, 3.05) is 25.0 Å². The van der Waals surface area contributed by atoms with Crippen LogP contribution >= 0.6 is 0 Å². The first-order chi connectivity index (χ1) is 9.03. The lowest BCUT2D eigenvalue weighted by atomic mass is 9.93. The molecule has 0 spiro atoms. The van der Waals surface area contributed by atoms with Gasteiger partial charge in [0.05, 0.1) is 0 Å².